The molecule has 0 fully saturated rings. The highest BCUT2D eigenvalue weighted by Gasteiger charge is 2.16. The number of rotatable bonds is 2. The molecule has 2 aromatic carbocycles. The molecule has 3 aromatic rings. The minimum Gasteiger partial charge on any atom is -0.302 e. The van der Waals surface area contributed by atoms with Gasteiger partial charge in [0.25, 0.3) is 5.91 Å². The van der Waals surface area contributed by atoms with Crippen LogP contribution in [0.1, 0.15) is 36.7 Å². The summed E-state index contributed by atoms with van der Waals surface area (Å²) in [7, 11) is 0. The lowest BCUT2D eigenvalue weighted by Crippen LogP contribution is -2.17. The number of terminal acetylenes is 1. The topological polar surface area (TPSA) is 34.4 Å². The summed E-state index contributed by atoms with van der Waals surface area (Å²) in [5.41, 5.74) is 1.64. The number of carbonyl (C=O) groups excluding carboxylic acids is 1. The Labute approximate surface area is 160 Å². The molecule has 0 N–H and O–H groups in total. The third kappa shape index (κ3) is 3.83. The largest absolute Gasteiger partial charge is 0.302 e. The number of aromatic nitrogens is 1. The minimum atomic E-state index is -0.736. The van der Waals surface area contributed by atoms with E-state index in [0.717, 1.165) is 23.0 Å². The Morgan fingerprint density at radius 1 is 1.22 bits per heavy atom. The van der Waals surface area contributed by atoms with Gasteiger partial charge in [0, 0.05) is 11.6 Å². The summed E-state index contributed by atoms with van der Waals surface area (Å²) in [6.45, 7) is 6.28. The van der Waals surface area contributed by atoms with E-state index in [1.807, 2.05) is 12.1 Å². The van der Waals surface area contributed by atoms with Crippen LogP contribution in [0.25, 0.3) is 10.2 Å². The molecule has 0 radical (unpaired) electrons. The quantitative estimate of drug-likeness (QED) is 0.592. The summed E-state index contributed by atoms with van der Waals surface area (Å²) < 4.78 is 29.5. The first kappa shape index (κ1) is 19.0. The molecular formula is C21H18F2N2OS. The van der Waals surface area contributed by atoms with Crippen LogP contribution in [-0.4, -0.2) is 10.5 Å². The van der Waals surface area contributed by atoms with Gasteiger partial charge in [-0.25, -0.2) is 8.78 Å². The highest BCUT2D eigenvalue weighted by Crippen LogP contribution is 2.23. The van der Waals surface area contributed by atoms with Gasteiger partial charge in [-0.05, 0) is 29.2 Å². The Hall–Kier alpha value is -2.78. The van der Waals surface area contributed by atoms with E-state index in [9.17, 15) is 13.6 Å². The smallest absolute Gasteiger partial charge is 0.279 e. The predicted molar refractivity (Wildman–Crippen MR) is 104 cm³/mol. The van der Waals surface area contributed by atoms with Gasteiger partial charge in [-0.2, -0.15) is 4.99 Å². The van der Waals surface area contributed by atoms with Crippen LogP contribution in [-0.2, 0) is 12.0 Å². The Morgan fingerprint density at radius 2 is 1.89 bits per heavy atom. The molecule has 1 aromatic heterocycles. The van der Waals surface area contributed by atoms with Crippen molar-refractivity contribution in [3.8, 4) is 12.3 Å². The lowest BCUT2D eigenvalue weighted by Gasteiger charge is -2.18. The molecule has 0 unspecified atom stereocenters. The van der Waals surface area contributed by atoms with Crippen molar-refractivity contribution in [2.24, 2.45) is 4.99 Å². The Bertz CT molecular complexity index is 1130. The second kappa shape index (κ2) is 7.09. The van der Waals surface area contributed by atoms with Gasteiger partial charge in [0.1, 0.15) is 5.82 Å². The average molecular weight is 384 g/mol. The lowest BCUT2D eigenvalue weighted by atomic mass is 9.87. The molecule has 1 amide bonds. The van der Waals surface area contributed by atoms with Crippen molar-refractivity contribution in [1.82, 2.24) is 4.57 Å². The summed E-state index contributed by atoms with van der Waals surface area (Å²) in [6, 6.07) is 9.20. The summed E-state index contributed by atoms with van der Waals surface area (Å²) >= 11 is 1.02. The standard InChI is InChI=1S/C21H18F2N2OS/c1-5-10-25-18-16(23)11-15(22)12-17(18)27-20(25)24-19(26)13-6-8-14(9-7-13)21(2,3)4/h1,6-9,11-12H,10H2,2-4H3. The molecule has 0 aliphatic carbocycles. The van der Waals surface area contributed by atoms with Crippen molar-refractivity contribution in [2.45, 2.75) is 32.7 Å². The third-order valence-electron chi connectivity index (χ3n) is 4.14. The number of halogens is 2. The van der Waals surface area contributed by atoms with Gasteiger partial charge < -0.3 is 4.57 Å². The van der Waals surface area contributed by atoms with Crippen molar-refractivity contribution in [3.05, 3.63) is 64.0 Å². The molecule has 0 spiro atoms. The fourth-order valence-corrected chi connectivity index (χ4v) is 3.78. The molecular weight excluding hydrogens is 366 g/mol. The molecule has 3 nitrogen and oxygen atoms in total. The number of fused-ring (bicyclic) bond motifs is 1. The Morgan fingerprint density at radius 3 is 2.48 bits per heavy atom. The maximum atomic E-state index is 14.2. The molecule has 0 atom stereocenters. The number of thiazole rings is 1. The van der Waals surface area contributed by atoms with E-state index in [1.165, 1.54) is 10.6 Å². The molecule has 0 aliphatic heterocycles. The van der Waals surface area contributed by atoms with Crippen molar-refractivity contribution in [1.29, 1.82) is 0 Å². The molecule has 0 saturated heterocycles. The fourth-order valence-electron chi connectivity index (χ4n) is 2.72. The number of benzene rings is 2. The van der Waals surface area contributed by atoms with Gasteiger partial charge in [-0.1, -0.05) is 50.2 Å². The number of hydrogen-bond donors (Lipinski definition) is 0. The van der Waals surface area contributed by atoms with Crippen LogP contribution >= 0.6 is 11.3 Å². The third-order valence-corrected chi connectivity index (χ3v) is 5.17. The van der Waals surface area contributed by atoms with Gasteiger partial charge >= 0.3 is 0 Å². The van der Waals surface area contributed by atoms with E-state index in [1.54, 1.807) is 12.1 Å². The van der Waals surface area contributed by atoms with Crippen molar-refractivity contribution in [3.63, 3.8) is 0 Å². The average Bonchev–Trinajstić information content (AvgIpc) is 2.92. The normalized spacial score (nSPS) is 12.4. The molecule has 138 valence electrons. The monoisotopic (exact) mass is 384 g/mol. The Kier molecular flexibility index (Phi) is 4.99. The minimum absolute atomic E-state index is 0.0254. The summed E-state index contributed by atoms with van der Waals surface area (Å²) in [5, 5.41) is 0. The molecule has 3 rings (SSSR count). The number of hydrogen-bond acceptors (Lipinski definition) is 2. The zero-order chi connectivity index (χ0) is 19.8. The first-order valence-corrected chi connectivity index (χ1v) is 9.14. The van der Waals surface area contributed by atoms with Crippen LogP contribution < -0.4 is 4.80 Å². The zero-order valence-corrected chi connectivity index (χ0v) is 16.0. The fraction of sp³-hybridized carbons (Fsp3) is 0.238. The number of amides is 1. The summed E-state index contributed by atoms with van der Waals surface area (Å²) in [4.78, 5) is 16.9. The molecule has 0 saturated carbocycles. The summed E-state index contributed by atoms with van der Waals surface area (Å²) in [5.74, 6) is 0.529. The van der Waals surface area contributed by atoms with E-state index in [0.29, 0.717) is 10.3 Å². The van der Waals surface area contributed by atoms with Gasteiger partial charge in [0.2, 0.25) is 0 Å². The van der Waals surface area contributed by atoms with Crippen molar-refractivity contribution < 1.29 is 13.6 Å². The number of nitrogens with zero attached hydrogens (tertiary/aromatic N) is 2. The lowest BCUT2D eigenvalue weighted by molar-refractivity contribution is 0.0998. The highest BCUT2D eigenvalue weighted by molar-refractivity contribution is 7.16. The van der Waals surface area contributed by atoms with Gasteiger partial charge in [0.05, 0.1) is 16.8 Å². The molecule has 27 heavy (non-hydrogen) atoms. The van der Waals surface area contributed by atoms with Crippen LogP contribution in [0.3, 0.4) is 0 Å². The van der Waals surface area contributed by atoms with Gasteiger partial charge in [0.15, 0.2) is 10.6 Å². The summed E-state index contributed by atoms with van der Waals surface area (Å²) in [6.07, 6.45) is 5.37. The first-order valence-electron chi connectivity index (χ1n) is 8.32. The van der Waals surface area contributed by atoms with Crippen LogP contribution in [0.5, 0.6) is 0 Å². The van der Waals surface area contributed by atoms with Crippen molar-refractivity contribution >= 4 is 27.5 Å². The predicted octanol–water partition coefficient (Wildman–Crippen LogP) is 4.65. The van der Waals surface area contributed by atoms with E-state index in [2.05, 4.69) is 31.7 Å². The van der Waals surface area contributed by atoms with Gasteiger partial charge in [-0.3, -0.25) is 4.79 Å². The zero-order valence-electron chi connectivity index (χ0n) is 15.2. The van der Waals surface area contributed by atoms with Crippen LogP contribution in [0, 0.1) is 24.0 Å². The molecule has 1 heterocycles. The maximum Gasteiger partial charge on any atom is 0.279 e. The molecule has 0 aliphatic rings. The second-order valence-corrected chi connectivity index (χ2v) is 8.16. The maximum absolute atomic E-state index is 14.2. The van der Waals surface area contributed by atoms with Crippen molar-refractivity contribution in [2.75, 3.05) is 0 Å². The van der Waals surface area contributed by atoms with Crippen LogP contribution in [0.15, 0.2) is 41.4 Å². The first-order chi connectivity index (χ1) is 12.7. The van der Waals surface area contributed by atoms with E-state index >= 15 is 0 Å². The van der Waals surface area contributed by atoms with E-state index in [-0.39, 0.29) is 22.3 Å². The Balaban J connectivity index is 2.10. The van der Waals surface area contributed by atoms with Crippen LogP contribution in [0.2, 0.25) is 0 Å². The molecule has 6 heteroatoms. The van der Waals surface area contributed by atoms with Crippen LogP contribution in [0.4, 0.5) is 8.78 Å². The second-order valence-electron chi connectivity index (χ2n) is 7.15. The van der Waals surface area contributed by atoms with Gasteiger partial charge in [-0.15, -0.1) is 6.42 Å². The highest BCUT2D eigenvalue weighted by atomic mass is 32.1. The SMILES string of the molecule is C#CCn1c(=NC(=O)c2ccc(C(C)(C)C)cc2)sc2cc(F)cc(F)c21. The number of carbonyl (C=O) groups is 1. The molecule has 0 bridgehead atoms. The van der Waals surface area contributed by atoms with E-state index in [4.69, 9.17) is 6.42 Å². The van der Waals surface area contributed by atoms with E-state index < -0.39 is 17.5 Å².